The Bertz CT molecular complexity index is 1160. The molecule has 3 N–H and O–H groups in total. The molecule has 1 unspecified atom stereocenters. The zero-order valence-electron chi connectivity index (χ0n) is 17.9. The molecule has 0 spiro atoms. The Balaban J connectivity index is 1.67. The topological polar surface area (TPSA) is 53.2 Å². The van der Waals surface area contributed by atoms with E-state index in [0.717, 1.165) is 22.7 Å². The zero-order chi connectivity index (χ0) is 24.7. The number of halogens is 4. The van der Waals surface area contributed by atoms with Crippen LogP contribution in [0.3, 0.4) is 0 Å². The standard InChI is InChI=1S/C24H21ClF3N3OS2/c1-2-21(22(32)31-20-12-11-15(25)13-19(20)24(26,27)28)34-18-10-6-9-17(14-18)30-23(33)29-16-7-4-3-5-8-16/h3-14,21H,2H2,1H3,(H,31,32)(H2,29,30,33). The molecule has 0 bridgehead atoms. The van der Waals surface area contributed by atoms with Crippen LogP contribution in [0, 0.1) is 0 Å². The Morgan fingerprint density at radius 2 is 1.65 bits per heavy atom. The summed E-state index contributed by atoms with van der Waals surface area (Å²) in [6.45, 7) is 1.80. The van der Waals surface area contributed by atoms with Crippen molar-refractivity contribution in [2.45, 2.75) is 29.7 Å². The maximum Gasteiger partial charge on any atom is 0.418 e. The van der Waals surface area contributed by atoms with Crippen LogP contribution in [-0.2, 0) is 11.0 Å². The van der Waals surface area contributed by atoms with Crippen molar-refractivity contribution in [1.29, 1.82) is 0 Å². The van der Waals surface area contributed by atoms with E-state index in [1.54, 1.807) is 13.0 Å². The summed E-state index contributed by atoms with van der Waals surface area (Å²) in [7, 11) is 0. The van der Waals surface area contributed by atoms with Crippen LogP contribution in [0.4, 0.5) is 30.2 Å². The molecule has 0 aliphatic heterocycles. The lowest BCUT2D eigenvalue weighted by Crippen LogP contribution is -2.26. The number of hydrogen-bond acceptors (Lipinski definition) is 3. The largest absolute Gasteiger partial charge is 0.418 e. The third-order valence-corrected chi connectivity index (χ3v) is 6.41. The highest BCUT2D eigenvalue weighted by atomic mass is 35.5. The monoisotopic (exact) mass is 523 g/mol. The molecule has 3 aromatic carbocycles. The van der Waals surface area contributed by atoms with E-state index in [2.05, 4.69) is 16.0 Å². The van der Waals surface area contributed by atoms with Crippen molar-refractivity contribution in [2.24, 2.45) is 0 Å². The van der Waals surface area contributed by atoms with E-state index < -0.39 is 22.9 Å². The van der Waals surface area contributed by atoms with Crippen LogP contribution in [0.1, 0.15) is 18.9 Å². The van der Waals surface area contributed by atoms with Gasteiger partial charge in [0.15, 0.2) is 5.11 Å². The summed E-state index contributed by atoms with van der Waals surface area (Å²) in [4.78, 5) is 13.6. The molecular weight excluding hydrogens is 503 g/mol. The van der Waals surface area contributed by atoms with Crippen molar-refractivity contribution >= 4 is 63.7 Å². The molecule has 34 heavy (non-hydrogen) atoms. The van der Waals surface area contributed by atoms with Gasteiger partial charge in [-0.05, 0) is 67.2 Å². The number of anilines is 3. The van der Waals surface area contributed by atoms with Gasteiger partial charge in [-0.15, -0.1) is 11.8 Å². The Labute approximate surface area is 210 Å². The number of nitrogens with one attached hydrogen (secondary N) is 3. The van der Waals surface area contributed by atoms with Crippen molar-refractivity contribution in [3.05, 3.63) is 83.4 Å². The number of alkyl halides is 3. The molecule has 0 aromatic heterocycles. The van der Waals surface area contributed by atoms with E-state index in [9.17, 15) is 18.0 Å². The maximum absolute atomic E-state index is 13.4. The van der Waals surface area contributed by atoms with Gasteiger partial charge in [0, 0.05) is 21.3 Å². The van der Waals surface area contributed by atoms with Gasteiger partial charge < -0.3 is 16.0 Å². The highest BCUT2D eigenvalue weighted by Crippen LogP contribution is 2.37. The maximum atomic E-state index is 13.4. The van der Waals surface area contributed by atoms with E-state index in [-0.39, 0.29) is 10.7 Å². The minimum Gasteiger partial charge on any atom is -0.332 e. The molecule has 0 saturated carbocycles. The van der Waals surface area contributed by atoms with Gasteiger partial charge in [-0.1, -0.05) is 42.8 Å². The summed E-state index contributed by atoms with van der Waals surface area (Å²) < 4.78 is 40.1. The quantitative estimate of drug-likeness (QED) is 0.219. The number of hydrogen-bond donors (Lipinski definition) is 3. The Morgan fingerprint density at radius 3 is 2.32 bits per heavy atom. The number of carbonyl (C=O) groups excluding carboxylic acids is 1. The number of thioether (sulfide) groups is 1. The molecule has 10 heteroatoms. The van der Waals surface area contributed by atoms with E-state index in [1.165, 1.54) is 17.8 Å². The molecule has 0 fully saturated rings. The second kappa shape index (κ2) is 11.6. The summed E-state index contributed by atoms with van der Waals surface area (Å²) in [5, 5.41) is 8.31. The van der Waals surface area contributed by atoms with Crippen LogP contribution >= 0.6 is 35.6 Å². The second-order valence-corrected chi connectivity index (χ2v) is 9.29. The highest BCUT2D eigenvalue weighted by molar-refractivity contribution is 8.00. The first-order chi connectivity index (χ1) is 16.2. The van der Waals surface area contributed by atoms with Crippen LogP contribution in [0.2, 0.25) is 5.02 Å². The van der Waals surface area contributed by atoms with Crippen molar-refractivity contribution in [1.82, 2.24) is 0 Å². The van der Waals surface area contributed by atoms with Gasteiger partial charge in [0.2, 0.25) is 5.91 Å². The summed E-state index contributed by atoms with van der Waals surface area (Å²) in [5.41, 5.74) is 0.243. The third kappa shape index (κ3) is 7.38. The molecule has 0 radical (unpaired) electrons. The van der Waals surface area contributed by atoms with Crippen LogP contribution < -0.4 is 16.0 Å². The normalized spacial score (nSPS) is 12.0. The smallest absolute Gasteiger partial charge is 0.332 e. The number of carbonyl (C=O) groups is 1. The molecular formula is C24H21ClF3N3OS2. The molecule has 0 saturated heterocycles. The third-order valence-electron chi connectivity index (χ3n) is 4.61. The molecule has 0 heterocycles. The summed E-state index contributed by atoms with van der Waals surface area (Å²) >= 11 is 12.3. The number of para-hydroxylation sites is 1. The molecule has 0 aliphatic rings. The minimum absolute atomic E-state index is 0.0595. The molecule has 4 nitrogen and oxygen atoms in total. The zero-order valence-corrected chi connectivity index (χ0v) is 20.3. The van der Waals surface area contributed by atoms with Crippen LogP contribution in [-0.4, -0.2) is 16.3 Å². The predicted octanol–water partition coefficient (Wildman–Crippen LogP) is 7.68. The van der Waals surface area contributed by atoms with Crippen LogP contribution in [0.5, 0.6) is 0 Å². The first-order valence-electron chi connectivity index (χ1n) is 10.2. The first-order valence-corrected chi connectivity index (χ1v) is 11.9. The molecule has 178 valence electrons. The van der Waals surface area contributed by atoms with E-state index in [4.69, 9.17) is 23.8 Å². The second-order valence-electron chi connectivity index (χ2n) is 7.16. The average molecular weight is 524 g/mol. The minimum atomic E-state index is -4.64. The molecule has 3 aromatic rings. The lowest BCUT2D eigenvalue weighted by atomic mass is 10.1. The lowest BCUT2D eigenvalue weighted by Gasteiger charge is -2.18. The summed E-state index contributed by atoms with van der Waals surface area (Å²) in [5.74, 6) is -0.528. The number of thiocarbonyl (C=S) groups is 1. The van der Waals surface area contributed by atoms with E-state index in [1.807, 2.05) is 48.5 Å². The fourth-order valence-corrected chi connectivity index (χ4v) is 4.44. The van der Waals surface area contributed by atoms with Crippen molar-refractivity contribution in [2.75, 3.05) is 16.0 Å². The number of amides is 1. The Kier molecular flexibility index (Phi) is 8.82. The van der Waals surface area contributed by atoms with Crippen molar-refractivity contribution in [3.63, 3.8) is 0 Å². The first kappa shape index (κ1) is 25.9. The average Bonchev–Trinajstić information content (AvgIpc) is 2.78. The van der Waals surface area contributed by atoms with Gasteiger partial charge in [0.05, 0.1) is 16.5 Å². The molecule has 3 rings (SSSR count). The van der Waals surface area contributed by atoms with E-state index in [0.29, 0.717) is 17.2 Å². The van der Waals surface area contributed by atoms with Gasteiger partial charge in [0.1, 0.15) is 0 Å². The number of benzene rings is 3. The summed E-state index contributed by atoms with van der Waals surface area (Å²) in [6.07, 6.45) is -4.23. The van der Waals surface area contributed by atoms with Gasteiger partial charge in [-0.2, -0.15) is 13.2 Å². The molecule has 1 atom stereocenters. The van der Waals surface area contributed by atoms with Crippen molar-refractivity contribution in [3.8, 4) is 0 Å². The summed E-state index contributed by atoms with van der Waals surface area (Å²) in [6, 6.07) is 20.0. The van der Waals surface area contributed by atoms with Crippen LogP contribution in [0.15, 0.2) is 77.7 Å². The highest BCUT2D eigenvalue weighted by Gasteiger charge is 2.34. The van der Waals surface area contributed by atoms with E-state index >= 15 is 0 Å². The Morgan fingerprint density at radius 1 is 0.971 bits per heavy atom. The Hall–Kier alpha value is -2.75. The molecule has 0 aliphatic carbocycles. The lowest BCUT2D eigenvalue weighted by molar-refractivity contribution is -0.137. The SMILES string of the molecule is CCC(Sc1cccc(NC(=S)Nc2ccccc2)c1)C(=O)Nc1ccc(Cl)cc1C(F)(F)F. The fraction of sp³-hybridized carbons (Fsp3) is 0.167. The van der Waals surface area contributed by atoms with Gasteiger partial charge in [-0.25, -0.2) is 0 Å². The van der Waals surface area contributed by atoms with Gasteiger partial charge >= 0.3 is 6.18 Å². The van der Waals surface area contributed by atoms with Gasteiger partial charge in [0.25, 0.3) is 0 Å². The van der Waals surface area contributed by atoms with Gasteiger partial charge in [-0.3, -0.25) is 4.79 Å². The van der Waals surface area contributed by atoms with Crippen LogP contribution in [0.25, 0.3) is 0 Å². The van der Waals surface area contributed by atoms with Crippen molar-refractivity contribution < 1.29 is 18.0 Å². The molecule has 1 amide bonds. The predicted molar refractivity (Wildman–Crippen MR) is 138 cm³/mol. The fourth-order valence-electron chi connectivity index (χ4n) is 3.02. The number of rotatable bonds is 7.